The van der Waals surface area contributed by atoms with E-state index in [0.29, 0.717) is 0 Å². The van der Waals surface area contributed by atoms with Gasteiger partial charge in [0.2, 0.25) is 0 Å². The summed E-state index contributed by atoms with van der Waals surface area (Å²) >= 11 is 0. The van der Waals surface area contributed by atoms with Crippen LogP contribution in [0.25, 0.3) is 0 Å². The number of carbonyl (C=O) groups is 2. The van der Waals surface area contributed by atoms with Crippen LogP contribution in [-0.2, 0) is 26.1 Å². The van der Waals surface area contributed by atoms with Crippen LogP contribution in [-0.4, -0.2) is 11.9 Å². The second kappa shape index (κ2) is 15.6. The zero-order chi connectivity index (χ0) is 15.2. The molecule has 0 rings (SSSR count). The molecule has 0 radical (unpaired) electrons. The Morgan fingerprint density at radius 2 is 1.48 bits per heavy atom. The van der Waals surface area contributed by atoms with Gasteiger partial charge in [0, 0.05) is 17.9 Å². The molecule has 0 saturated heterocycles. The van der Waals surface area contributed by atoms with Gasteiger partial charge in [0.15, 0.2) is 0 Å². The SMILES string of the molecule is CCCCCCCCCC/C=C/C(CC(=O)[O-])C(=O)[O-].[Ni+2]. The van der Waals surface area contributed by atoms with Gasteiger partial charge in [0.25, 0.3) is 0 Å². The third kappa shape index (κ3) is 15.4. The minimum atomic E-state index is -1.36. The van der Waals surface area contributed by atoms with E-state index in [1.54, 1.807) is 6.08 Å². The Morgan fingerprint density at radius 3 is 1.95 bits per heavy atom. The minimum absolute atomic E-state index is 0. The van der Waals surface area contributed by atoms with Crippen molar-refractivity contribution in [3.05, 3.63) is 12.2 Å². The summed E-state index contributed by atoms with van der Waals surface area (Å²) in [5.41, 5.74) is 0. The fourth-order valence-corrected chi connectivity index (χ4v) is 2.07. The molecule has 4 nitrogen and oxygen atoms in total. The monoisotopic (exact) mass is 340 g/mol. The van der Waals surface area contributed by atoms with Gasteiger partial charge in [0.1, 0.15) is 0 Å². The predicted molar refractivity (Wildman–Crippen MR) is 74.5 cm³/mol. The van der Waals surface area contributed by atoms with Gasteiger partial charge in [-0.2, -0.15) is 0 Å². The van der Waals surface area contributed by atoms with Crippen molar-refractivity contribution in [3.63, 3.8) is 0 Å². The number of hydrogen-bond acceptors (Lipinski definition) is 4. The summed E-state index contributed by atoms with van der Waals surface area (Å²) in [6, 6.07) is 0. The van der Waals surface area contributed by atoms with Crippen molar-refractivity contribution in [2.75, 3.05) is 0 Å². The molecule has 0 heterocycles. The topological polar surface area (TPSA) is 80.3 Å². The molecule has 21 heavy (non-hydrogen) atoms. The summed E-state index contributed by atoms with van der Waals surface area (Å²) in [4.78, 5) is 21.0. The number of rotatable bonds is 13. The number of allylic oxidation sites excluding steroid dienone is 1. The Bertz CT molecular complexity index is 303. The molecule has 0 aliphatic heterocycles. The van der Waals surface area contributed by atoms with Gasteiger partial charge in [-0.15, -0.1) is 0 Å². The molecule has 0 aromatic rings. The molecule has 0 amide bonds. The molecular formula is C16H26NiO4. The first-order valence-electron chi connectivity index (χ1n) is 7.65. The average Bonchev–Trinajstić information content (AvgIpc) is 2.39. The smallest absolute Gasteiger partial charge is 0.550 e. The van der Waals surface area contributed by atoms with Crippen molar-refractivity contribution >= 4 is 11.9 Å². The third-order valence-electron chi connectivity index (χ3n) is 3.28. The molecule has 0 N–H and O–H groups in total. The first-order chi connectivity index (χ1) is 9.57. The van der Waals surface area contributed by atoms with Crippen molar-refractivity contribution in [1.82, 2.24) is 0 Å². The summed E-state index contributed by atoms with van der Waals surface area (Å²) in [7, 11) is 0. The zero-order valence-corrected chi connectivity index (χ0v) is 13.7. The minimum Gasteiger partial charge on any atom is -0.550 e. The van der Waals surface area contributed by atoms with Gasteiger partial charge in [-0.25, -0.2) is 0 Å². The fourth-order valence-electron chi connectivity index (χ4n) is 2.07. The number of hydrogen-bond donors (Lipinski definition) is 0. The quantitative estimate of drug-likeness (QED) is 0.289. The standard InChI is InChI=1S/C16H28O4.Ni/c1-2-3-4-5-6-7-8-9-10-11-12-14(16(19)20)13-15(17)18;/h11-12,14H,2-10,13H2,1H3,(H,17,18)(H,19,20);/q;+2/p-2/b12-11+;. The third-order valence-corrected chi connectivity index (χ3v) is 3.28. The number of carbonyl (C=O) groups excluding carboxylic acids is 2. The first-order valence-corrected chi connectivity index (χ1v) is 7.65. The van der Waals surface area contributed by atoms with Crippen LogP contribution in [0.5, 0.6) is 0 Å². The van der Waals surface area contributed by atoms with Crippen molar-refractivity contribution in [2.24, 2.45) is 5.92 Å². The second-order valence-electron chi connectivity index (χ2n) is 5.19. The summed E-state index contributed by atoms with van der Waals surface area (Å²) in [6.07, 6.45) is 13.2. The maximum Gasteiger partial charge on any atom is 2.00 e. The van der Waals surface area contributed by atoms with Crippen LogP contribution in [0.1, 0.15) is 71.1 Å². The fraction of sp³-hybridized carbons (Fsp3) is 0.750. The van der Waals surface area contributed by atoms with Crippen molar-refractivity contribution in [1.29, 1.82) is 0 Å². The van der Waals surface area contributed by atoms with E-state index in [9.17, 15) is 19.8 Å². The van der Waals surface area contributed by atoms with E-state index >= 15 is 0 Å². The van der Waals surface area contributed by atoms with Crippen molar-refractivity contribution in [3.8, 4) is 0 Å². The van der Waals surface area contributed by atoms with Crippen LogP contribution in [0, 0.1) is 5.92 Å². The number of aliphatic carboxylic acids is 2. The summed E-state index contributed by atoms with van der Waals surface area (Å²) in [5.74, 6) is -3.80. The van der Waals surface area contributed by atoms with Gasteiger partial charge >= 0.3 is 16.5 Å². The molecule has 124 valence electrons. The molecule has 0 aromatic heterocycles. The van der Waals surface area contributed by atoms with E-state index in [2.05, 4.69) is 6.92 Å². The maximum atomic E-state index is 10.7. The Labute approximate surface area is 137 Å². The van der Waals surface area contributed by atoms with E-state index < -0.39 is 24.3 Å². The van der Waals surface area contributed by atoms with Gasteiger partial charge in [0.05, 0.1) is 0 Å². The van der Waals surface area contributed by atoms with E-state index in [-0.39, 0.29) is 16.5 Å². The van der Waals surface area contributed by atoms with Crippen LogP contribution in [0.2, 0.25) is 0 Å². The zero-order valence-electron chi connectivity index (χ0n) is 12.8. The summed E-state index contributed by atoms with van der Waals surface area (Å²) < 4.78 is 0. The van der Waals surface area contributed by atoms with Crippen molar-refractivity contribution < 1.29 is 36.3 Å². The van der Waals surface area contributed by atoms with Crippen LogP contribution >= 0.6 is 0 Å². The molecule has 5 heteroatoms. The van der Waals surface area contributed by atoms with Crippen LogP contribution < -0.4 is 10.2 Å². The predicted octanol–water partition coefficient (Wildman–Crippen LogP) is 1.58. The molecule has 1 atom stereocenters. The van der Waals surface area contributed by atoms with Gasteiger partial charge in [-0.1, -0.05) is 64.0 Å². The molecule has 0 aliphatic rings. The molecule has 0 bridgehead atoms. The number of carboxylic acid groups (broad SMARTS) is 2. The van der Waals surface area contributed by atoms with Crippen LogP contribution in [0.15, 0.2) is 12.2 Å². The molecule has 0 fully saturated rings. The normalized spacial score (nSPS) is 12.0. The summed E-state index contributed by atoms with van der Waals surface area (Å²) in [6.45, 7) is 2.20. The Balaban J connectivity index is 0. The van der Waals surface area contributed by atoms with Crippen LogP contribution in [0.3, 0.4) is 0 Å². The molecule has 0 aromatic carbocycles. The first kappa shape index (κ1) is 22.5. The average molecular weight is 341 g/mol. The molecule has 0 spiro atoms. The van der Waals surface area contributed by atoms with E-state index in [4.69, 9.17) is 0 Å². The van der Waals surface area contributed by atoms with Crippen molar-refractivity contribution in [2.45, 2.75) is 71.1 Å². The van der Waals surface area contributed by atoms with Gasteiger partial charge < -0.3 is 19.8 Å². The molecule has 0 saturated carbocycles. The Morgan fingerprint density at radius 1 is 0.952 bits per heavy atom. The van der Waals surface area contributed by atoms with Gasteiger partial charge in [-0.05, 0) is 19.3 Å². The Hall–Kier alpha value is -0.826. The van der Waals surface area contributed by atoms with E-state index in [1.165, 1.54) is 44.6 Å². The van der Waals surface area contributed by atoms with Gasteiger partial charge in [-0.3, -0.25) is 0 Å². The molecular weight excluding hydrogens is 315 g/mol. The second-order valence-corrected chi connectivity index (χ2v) is 5.19. The maximum absolute atomic E-state index is 10.7. The molecule has 0 aliphatic carbocycles. The molecule has 1 unspecified atom stereocenters. The summed E-state index contributed by atoms with van der Waals surface area (Å²) in [5, 5.41) is 21.0. The largest absolute Gasteiger partial charge is 2.00 e. The van der Waals surface area contributed by atoms with Crippen LogP contribution in [0.4, 0.5) is 0 Å². The number of carboxylic acids is 2. The Kier molecular flexibility index (Phi) is 16.6. The number of unbranched alkanes of at least 4 members (excludes halogenated alkanes) is 8. The van der Waals surface area contributed by atoms with E-state index in [1.807, 2.05) is 0 Å². The van der Waals surface area contributed by atoms with E-state index in [0.717, 1.165) is 19.3 Å².